The van der Waals surface area contributed by atoms with Crippen LogP contribution in [0.5, 0.6) is 0 Å². The van der Waals surface area contributed by atoms with E-state index < -0.39 is 30.7 Å². The number of guanidine groups is 1. The minimum atomic E-state index is -4.34. The maximum Gasteiger partial charge on any atom is 0.508 e. The molecule has 0 aliphatic heterocycles. The molecule has 2 N–H and O–H groups in total. The highest BCUT2D eigenvalue weighted by molar-refractivity contribution is 7.52. The average Bonchev–Trinajstić information content (AvgIpc) is 2.90. The summed E-state index contributed by atoms with van der Waals surface area (Å²) in [6.45, 7) is 1.99. The molecule has 2 rings (SSSR count). The van der Waals surface area contributed by atoms with Crippen molar-refractivity contribution in [3.63, 3.8) is 0 Å². The topological polar surface area (TPSA) is 171 Å². The fourth-order valence-electron chi connectivity index (χ4n) is 4.49. The van der Waals surface area contributed by atoms with Crippen molar-refractivity contribution in [1.82, 2.24) is 0 Å². The molecule has 0 aromatic heterocycles. The van der Waals surface area contributed by atoms with E-state index in [0.29, 0.717) is 6.42 Å². The van der Waals surface area contributed by atoms with Gasteiger partial charge in [-0.15, -0.1) is 4.76 Å². The van der Waals surface area contributed by atoms with E-state index in [9.17, 15) is 18.9 Å². The lowest BCUT2D eigenvalue weighted by Crippen LogP contribution is -2.54. The predicted octanol–water partition coefficient (Wildman–Crippen LogP) is 4.75. The molecule has 2 aliphatic rings. The smallest absolute Gasteiger partial charge is 0.432 e. The molecule has 15 heteroatoms. The maximum absolute atomic E-state index is 13.5. The number of carbonyl (C=O) groups is 3. The van der Waals surface area contributed by atoms with Crippen LogP contribution in [0, 0.1) is 0 Å². The van der Waals surface area contributed by atoms with Crippen molar-refractivity contribution in [2.24, 2.45) is 10.5 Å². The van der Waals surface area contributed by atoms with E-state index in [4.69, 9.17) is 38.6 Å². The minimum Gasteiger partial charge on any atom is -0.432 e. The third kappa shape index (κ3) is 12.8. The van der Waals surface area contributed by atoms with Gasteiger partial charge in [0.25, 0.3) is 0 Å². The zero-order chi connectivity index (χ0) is 29.4. The van der Waals surface area contributed by atoms with Gasteiger partial charge in [-0.25, -0.2) is 18.9 Å². The Hall–Kier alpha value is -2.41. The Morgan fingerprint density at radius 3 is 1.68 bits per heavy atom. The first-order chi connectivity index (χ1) is 19.0. The predicted molar refractivity (Wildman–Crippen MR) is 143 cm³/mol. The lowest BCUT2D eigenvalue weighted by Gasteiger charge is -2.28. The molecule has 0 aromatic rings. The van der Waals surface area contributed by atoms with E-state index in [0.717, 1.165) is 64.2 Å². The molecule has 0 amide bonds. The molecule has 0 bridgehead atoms. The lowest BCUT2D eigenvalue weighted by atomic mass is 9.98. The van der Waals surface area contributed by atoms with E-state index in [2.05, 4.69) is 4.76 Å². The summed E-state index contributed by atoms with van der Waals surface area (Å²) in [6.07, 6.45) is 7.85. The van der Waals surface area contributed by atoms with Crippen LogP contribution >= 0.6 is 7.75 Å². The molecule has 2 saturated carbocycles. The number of hydrogen-bond acceptors (Lipinski definition) is 11. The Morgan fingerprint density at radius 2 is 1.27 bits per heavy atom. The number of quaternary nitrogens is 1. The second-order valence-corrected chi connectivity index (χ2v) is 11.6. The lowest BCUT2D eigenvalue weighted by molar-refractivity contribution is -1.00. The summed E-state index contributed by atoms with van der Waals surface area (Å²) in [5, 5.41) is 0. The summed E-state index contributed by atoms with van der Waals surface area (Å²) in [6, 6.07) is 0. The number of rotatable bonds is 13. The number of nitrogens with zero attached hydrogens (tertiary/aromatic N) is 2. The number of nitrogens with two attached hydrogens (primary N) is 1. The third-order valence-electron chi connectivity index (χ3n) is 6.44. The molecule has 40 heavy (non-hydrogen) atoms. The van der Waals surface area contributed by atoms with Gasteiger partial charge in [0.1, 0.15) is 39.0 Å². The van der Waals surface area contributed by atoms with Gasteiger partial charge in [-0.2, -0.15) is 0 Å². The highest BCUT2D eigenvalue weighted by Gasteiger charge is 2.37. The molecule has 0 saturated heterocycles. The number of hydrogen-bond donors (Lipinski definition) is 1. The van der Waals surface area contributed by atoms with E-state index in [1.54, 1.807) is 0 Å². The normalized spacial score (nSPS) is 18.8. The van der Waals surface area contributed by atoms with Crippen LogP contribution in [-0.4, -0.2) is 81.1 Å². The van der Waals surface area contributed by atoms with Crippen LogP contribution in [-0.2, 0) is 42.2 Å². The first-order valence-corrected chi connectivity index (χ1v) is 15.5. The highest BCUT2D eigenvalue weighted by atomic mass is 31.2. The van der Waals surface area contributed by atoms with Crippen molar-refractivity contribution in [1.29, 1.82) is 0 Å². The van der Waals surface area contributed by atoms with Crippen LogP contribution in [0.4, 0.5) is 9.59 Å². The Labute approximate surface area is 235 Å². The molecule has 14 nitrogen and oxygen atoms in total. The van der Waals surface area contributed by atoms with E-state index in [1.807, 2.05) is 6.92 Å². The first-order valence-electron chi connectivity index (χ1n) is 14.0. The fraction of sp³-hybridized carbons (Fsp3) is 0.840. The SMILES string of the molecule is CCC[N+](C)(OC(C)=O)C(N)=NP(=O)(OCCOC(=O)OC1CCCCC1)OCCOC(=O)OC1CCCCC1. The van der Waals surface area contributed by atoms with Crippen LogP contribution < -0.4 is 5.73 Å². The summed E-state index contributed by atoms with van der Waals surface area (Å²) < 4.78 is 48.2. The zero-order valence-corrected chi connectivity index (χ0v) is 24.8. The van der Waals surface area contributed by atoms with Crippen molar-refractivity contribution in [2.75, 3.05) is 40.0 Å². The second-order valence-electron chi connectivity index (χ2n) is 9.95. The average molecular weight is 595 g/mol. The Kier molecular flexibility index (Phi) is 14.7. The van der Waals surface area contributed by atoms with Gasteiger partial charge in [-0.1, -0.05) is 24.4 Å². The maximum atomic E-state index is 13.5. The van der Waals surface area contributed by atoms with E-state index in [1.165, 1.54) is 14.0 Å². The van der Waals surface area contributed by atoms with Crippen molar-refractivity contribution in [2.45, 2.75) is 96.7 Å². The van der Waals surface area contributed by atoms with Crippen molar-refractivity contribution in [3.05, 3.63) is 0 Å². The molecular weight excluding hydrogens is 549 g/mol. The van der Waals surface area contributed by atoms with Gasteiger partial charge in [0.15, 0.2) is 0 Å². The Morgan fingerprint density at radius 1 is 0.825 bits per heavy atom. The highest BCUT2D eigenvalue weighted by Crippen LogP contribution is 2.50. The van der Waals surface area contributed by atoms with Crippen molar-refractivity contribution >= 4 is 32.0 Å². The Bertz CT molecular complexity index is 847. The van der Waals surface area contributed by atoms with Gasteiger partial charge in [0.2, 0.25) is 0 Å². The molecule has 2 fully saturated rings. The van der Waals surface area contributed by atoms with Crippen molar-refractivity contribution < 1.29 is 56.4 Å². The molecule has 0 aromatic carbocycles. The van der Waals surface area contributed by atoms with Crippen LogP contribution in [0.2, 0.25) is 0 Å². The quantitative estimate of drug-likeness (QED) is 0.0591. The standard InChI is InChI=1S/C25H45N3O11P/c1-4-15-28(3,39-20(2)29)23(26)27-40(32,35-18-16-33-24(30)37-21-11-7-5-8-12-21)36-19-17-34-25(31)38-22-13-9-6-10-14-22/h21-22H,4-19H2,1-3H3,(H2,26,27,32)/q+1. The van der Waals surface area contributed by atoms with Crippen molar-refractivity contribution in [3.8, 4) is 0 Å². The molecule has 0 heterocycles. The number of ether oxygens (including phenoxy) is 4. The molecule has 1 atom stereocenters. The van der Waals surface area contributed by atoms with Crippen LogP contribution in [0.15, 0.2) is 4.76 Å². The molecule has 0 spiro atoms. The summed E-state index contributed by atoms with van der Waals surface area (Å²) in [7, 11) is -2.86. The largest absolute Gasteiger partial charge is 0.508 e. The zero-order valence-electron chi connectivity index (χ0n) is 23.9. The minimum absolute atomic E-state index is 0.180. The summed E-state index contributed by atoms with van der Waals surface area (Å²) in [5.41, 5.74) is 6.09. The van der Waals surface area contributed by atoms with Gasteiger partial charge in [0, 0.05) is 6.92 Å². The van der Waals surface area contributed by atoms with Gasteiger partial charge in [0.05, 0.1) is 13.2 Å². The summed E-state index contributed by atoms with van der Waals surface area (Å²) in [4.78, 5) is 40.9. The van der Waals surface area contributed by atoms with E-state index in [-0.39, 0.29) is 51.1 Å². The first kappa shape index (κ1) is 33.8. The van der Waals surface area contributed by atoms with Gasteiger partial charge in [-0.05, 0) is 57.8 Å². The molecular formula is C25H45N3O11P+. The molecule has 1 unspecified atom stereocenters. The summed E-state index contributed by atoms with van der Waals surface area (Å²) in [5.74, 6) is -0.962. The van der Waals surface area contributed by atoms with Gasteiger partial charge in [-0.3, -0.25) is 13.9 Å². The monoisotopic (exact) mass is 594 g/mol. The second kappa shape index (κ2) is 17.4. The fourth-order valence-corrected chi connectivity index (χ4v) is 5.73. The van der Waals surface area contributed by atoms with Crippen LogP contribution in [0.1, 0.15) is 84.5 Å². The van der Waals surface area contributed by atoms with E-state index >= 15 is 0 Å². The van der Waals surface area contributed by atoms with Crippen LogP contribution in [0.25, 0.3) is 0 Å². The summed E-state index contributed by atoms with van der Waals surface area (Å²) >= 11 is 0. The van der Waals surface area contributed by atoms with Gasteiger partial charge >= 0.3 is 32.0 Å². The molecule has 0 radical (unpaired) electrons. The molecule has 2 aliphatic carbocycles. The number of carbonyl (C=O) groups excluding carboxylic acids is 3. The van der Waals surface area contributed by atoms with Gasteiger partial charge < -0.3 is 24.7 Å². The number of hydroxylamine groups is 3. The Balaban J connectivity index is 1.95. The van der Waals surface area contributed by atoms with Crippen LogP contribution in [0.3, 0.4) is 0 Å². The molecule has 230 valence electrons. The third-order valence-corrected chi connectivity index (χ3v) is 7.90.